The number of hydrogen-bond acceptors (Lipinski definition) is 4. The minimum absolute atomic E-state index is 0.139. The van der Waals surface area contributed by atoms with Crippen molar-refractivity contribution in [2.24, 2.45) is 0 Å². The maximum absolute atomic E-state index is 12.7. The monoisotopic (exact) mass is 388 g/mol. The number of nitrogens with zero attached hydrogens (tertiary/aromatic N) is 2. The van der Waals surface area contributed by atoms with E-state index in [0.717, 1.165) is 17.8 Å². The van der Waals surface area contributed by atoms with E-state index >= 15 is 0 Å². The fourth-order valence-corrected chi connectivity index (χ4v) is 3.02. The van der Waals surface area contributed by atoms with E-state index in [1.54, 1.807) is 42.6 Å². The fourth-order valence-electron chi connectivity index (χ4n) is 3.02. The molecule has 29 heavy (non-hydrogen) atoms. The maximum Gasteiger partial charge on any atom is 0.255 e. The number of anilines is 4. The first-order valence-electron chi connectivity index (χ1n) is 9.45. The molecule has 0 aliphatic heterocycles. The van der Waals surface area contributed by atoms with Crippen LogP contribution in [0, 0.1) is 6.92 Å². The van der Waals surface area contributed by atoms with E-state index in [1.165, 1.54) is 6.92 Å². The zero-order chi connectivity index (χ0) is 20.8. The standard InChI is InChI=1S/C23H24N4O2/c1-4-27(21-7-5-6-16(2)14-21)22-15-18(12-13-24-22)23(29)26-20-10-8-19(9-11-20)25-17(3)28/h5-15H,4H2,1-3H3,(H,25,28)(H,26,29). The molecule has 0 aliphatic carbocycles. The summed E-state index contributed by atoms with van der Waals surface area (Å²) in [6.45, 7) is 6.28. The predicted molar refractivity (Wildman–Crippen MR) is 117 cm³/mol. The van der Waals surface area contributed by atoms with Crippen LogP contribution in [0.25, 0.3) is 0 Å². The van der Waals surface area contributed by atoms with Gasteiger partial charge in [-0.1, -0.05) is 12.1 Å². The first kappa shape index (κ1) is 20.1. The Kier molecular flexibility index (Phi) is 6.24. The molecule has 0 saturated heterocycles. The Morgan fingerprint density at radius 1 is 0.966 bits per heavy atom. The summed E-state index contributed by atoms with van der Waals surface area (Å²) >= 11 is 0. The van der Waals surface area contributed by atoms with E-state index in [2.05, 4.69) is 26.6 Å². The Labute approximate surface area is 170 Å². The van der Waals surface area contributed by atoms with Crippen LogP contribution in [-0.4, -0.2) is 23.3 Å². The molecule has 3 aromatic rings. The van der Waals surface area contributed by atoms with Gasteiger partial charge in [0.2, 0.25) is 5.91 Å². The molecule has 0 atom stereocenters. The van der Waals surface area contributed by atoms with Gasteiger partial charge in [-0.25, -0.2) is 4.98 Å². The molecule has 2 amide bonds. The van der Waals surface area contributed by atoms with Gasteiger partial charge in [-0.3, -0.25) is 9.59 Å². The Bertz CT molecular complexity index is 1020. The molecule has 0 unspecified atom stereocenters. The van der Waals surface area contributed by atoms with Crippen LogP contribution in [0.3, 0.4) is 0 Å². The van der Waals surface area contributed by atoms with Crippen molar-refractivity contribution >= 4 is 34.7 Å². The van der Waals surface area contributed by atoms with E-state index in [0.29, 0.717) is 22.8 Å². The molecule has 2 N–H and O–H groups in total. The molecule has 1 heterocycles. The minimum atomic E-state index is -0.221. The first-order valence-corrected chi connectivity index (χ1v) is 9.45. The van der Waals surface area contributed by atoms with Gasteiger partial charge in [0, 0.05) is 42.3 Å². The zero-order valence-corrected chi connectivity index (χ0v) is 16.8. The molecule has 6 heteroatoms. The molecular formula is C23H24N4O2. The Morgan fingerprint density at radius 3 is 2.28 bits per heavy atom. The lowest BCUT2D eigenvalue weighted by molar-refractivity contribution is -0.114. The van der Waals surface area contributed by atoms with Gasteiger partial charge in [0.15, 0.2) is 0 Å². The molecule has 148 valence electrons. The van der Waals surface area contributed by atoms with Gasteiger partial charge in [0.05, 0.1) is 0 Å². The van der Waals surface area contributed by atoms with Crippen LogP contribution < -0.4 is 15.5 Å². The maximum atomic E-state index is 12.7. The third kappa shape index (κ3) is 5.19. The summed E-state index contributed by atoms with van der Waals surface area (Å²) in [6, 6.07) is 18.6. The van der Waals surface area contributed by atoms with Crippen LogP contribution in [-0.2, 0) is 4.79 Å². The predicted octanol–water partition coefficient (Wildman–Crippen LogP) is 4.76. The summed E-state index contributed by atoms with van der Waals surface area (Å²) in [4.78, 5) is 30.3. The van der Waals surface area contributed by atoms with Crippen LogP contribution in [0.2, 0.25) is 0 Å². The van der Waals surface area contributed by atoms with Crippen molar-refractivity contribution in [2.75, 3.05) is 22.1 Å². The number of aromatic nitrogens is 1. The Morgan fingerprint density at radius 2 is 1.66 bits per heavy atom. The van der Waals surface area contributed by atoms with Gasteiger partial charge in [-0.05, 0) is 67.9 Å². The molecule has 3 rings (SSSR count). The van der Waals surface area contributed by atoms with E-state index in [9.17, 15) is 9.59 Å². The summed E-state index contributed by atoms with van der Waals surface area (Å²) in [6.07, 6.45) is 1.64. The Balaban J connectivity index is 1.77. The third-order valence-corrected chi connectivity index (χ3v) is 4.38. The van der Waals surface area contributed by atoms with Crippen LogP contribution in [0.1, 0.15) is 29.8 Å². The molecule has 0 saturated carbocycles. The average Bonchev–Trinajstić information content (AvgIpc) is 2.70. The number of pyridine rings is 1. The summed E-state index contributed by atoms with van der Waals surface area (Å²) in [7, 11) is 0. The number of rotatable bonds is 6. The summed E-state index contributed by atoms with van der Waals surface area (Å²) in [5.41, 5.74) is 4.04. The topological polar surface area (TPSA) is 74.3 Å². The molecule has 0 radical (unpaired) electrons. The molecule has 0 fully saturated rings. The van der Waals surface area contributed by atoms with E-state index < -0.39 is 0 Å². The largest absolute Gasteiger partial charge is 0.327 e. The van der Waals surface area contributed by atoms with Gasteiger partial charge in [-0.2, -0.15) is 0 Å². The molecule has 6 nitrogen and oxygen atoms in total. The normalized spacial score (nSPS) is 10.3. The number of hydrogen-bond donors (Lipinski definition) is 2. The van der Waals surface area contributed by atoms with Crippen molar-refractivity contribution < 1.29 is 9.59 Å². The number of benzene rings is 2. The number of nitrogens with one attached hydrogen (secondary N) is 2. The molecular weight excluding hydrogens is 364 g/mol. The van der Waals surface area contributed by atoms with Gasteiger partial charge in [-0.15, -0.1) is 0 Å². The Hall–Kier alpha value is -3.67. The molecule has 2 aromatic carbocycles. The van der Waals surface area contributed by atoms with Crippen molar-refractivity contribution in [3.05, 3.63) is 78.0 Å². The molecule has 1 aromatic heterocycles. The molecule has 0 aliphatic rings. The van der Waals surface area contributed by atoms with Crippen molar-refractivity contribution in [1.29, 1.82) is 0 Å². The number of carbonyl (C=O) groups is 2. The second-order valence-electron chi connectivity index (χ2n) is 6.70. The highest BCUT2D eigenvalue weighted by Gasteiger charge is 2.13. The number of aryl methyl sites for hydroxylation is 1. The van der Waals surface area contributed by atoms with Crippen LogP contribution in [0.4, 0.5) is 22.9 Å². The second kappa shape index (κ2) is 9.01. The SMILES string of the molecule is CCN(c1cccc(C)c1)c1cc(C(=O)Nc2ccc(NC(C)=O)cc2)ccn1. The summed E-state index contributed by atoms with van der Waals surface area (Å²) < 4.78 is 0. The highest BCUT2D eigenvalue weighted by atomic mass is 16.2. The zero-order valence-electron chi connectivity index (χ0n) is 16.8. The van der Waals surface area contributed by atoms with Crippen LogP contribution in [0.5, 0.6) is 0 Å². The van der Waals surface area contributed by atoms with E-state index in [-0.39, 0.29) is 11.8 Å². The summed E-state index contributed by atoms with van der Waals surface area (Å²) in [5, 5.41) is 5.57. The van der Waals surface area contributed by atoms with Crippen molar-refractivity contribution in [1.82, 2.24) is 4.98 Å². The number of amides is 2. The average molecular weight is 388 g/mol. The summed E-state index contributed by atoms with van der Waals surface area (Å²) in [5.74, 6) is 0.355. The highest BCUT2D eigenvalue weighted by molar-refractivity contribution is 6.04. The lowest BCUT2D eigenvalue weighted by atomic mass is 10.2. The smallest absolute Gasteiger partial charge is 0.255 e. The lowest BCUT2D eigenvalue weighted by Gasteiger charge is -2.23. The van der Waals surface area contributed by atoms with Crippen LogP contribution in [0.15, 0.2) is 66.9 Å². The fraction of sp³-hybridized carbons (Fsp3) is 0.174. The number of carbonyl (C=O) groups excluding carboxylic acids is 2. The highest BCUT2D eigenvalue weighted by Crippen LogP contribution is 2.25. The lowest BCUT2D eigenvalue weighted by Crippen LogP contribution is -2.19. The van der Waals surface area contributed by atoms with Gasteiger partial charge in [0.25, 0.3) is 5.91 Å². The molecule has 0 spiro atoms. The minimum Gasteiger partial charge on any atom is -0.327 e. The second-order valence-corrected chi connectivity index (χ2v) is 6.70. The first-order chi connectivity index (χ1) is 14.0. The third-order valence-electron chi connectivity index (χ3n) is 4.38. The van der Waals surface area contributed by atoms with E-state index in [4.69, 9.17) is 0 Å². The van der Waals surface area contributed by atoms with Gasteiger partial charge >= 0.3 is 0 Å². The van der Waals surface area contributed by atoms with Crippen LogP contribution >= 0.6 is 0 Å². The van der Waals surface area contributed by atoms with E-state index in [1.807, 2.05) is 32.0 Å². The van der Waals surface area contributed by atoms with Gasteiger partial charge in [0.1, 0.15) is 5.82 Å². The molecule has 0 bridgehead atoms. The van der Waals surface area contributed by atoms with Crippen molar-refractivity contribution in [3.63, 3.8) is 0 Å². The van der Waals surface area contributed by atoms with Crippen molar-refractivity contribution in [3.8, 4) is 0 Å². The van der Waals surface area contributed by atoms with Gasteiger partial charge < -0.3 is 15.5 Å². The van der Waals surface area contributed by atoms with Crippen molar-refractivity contribution in [2.45, 2.75) is 20.8 Å². The quantitative estimate of drug-likeness (QED) is 0.638.